The van der Waals surface area contributed by atoms with Gasteiger partial charge in [-0.2, -0.15) is 0 Å². The number of rotatable bonds is 17. The highest BCUT2D eigenvalue weighted by Crippen LogP contribution is 2.13. The van der Waals surface area contributed by atoms with E-state index < -0.39 is 0 Å². The molecule has 31 heavy (non-hydrogen) atoms. The zero-order chi connectivity index (χ0) is 21.4. The molecule has 4 heteroatoms. The molecule has 0 atom stereocenters. The molecule has 0 unspecified atom stereocenters. The third kappa shape index (κ3) is 11.5. The van der Waals surface area contributed by atoms with Crippen molar-refractivity contribution in [2.75, 3.05) is 0 Å². The van der Waals surface area contributed by atoms with E-state index in [1.165, 1.54) is 102 Å². The van der Waals surface area contributed by atoms with E-state index in [1.807, 2.05) is 12.1 Å². The van der Waals surface area contributed by atoms with Crippen molar-refractivity contribution >= 4 is 0 Å². The SMILES string of the molecule is CCCCCCCCCCCCCCCCn1cc[n+](Cc2ccccc2F)c1C.[I-]. The Labute approximate surface area is 207 Å². The van der Waals surface area contributed by atoms with Crippen LogP contribution in [-0.2, 0) is 13.1 Å². The molecule has 1 aromatic heterocycles. The van der Waals surface area contributed by atoms with E-state index >= 15 is 0 Å². The summed E-state index contributed by atoms with van der Waals surface area (Å²) in [6.45, 7) is 6.08. The molecule has 0 spiro atoms. The summed E-state index contributed by atoms with van der Waals surface area (Å²) in [7, 11) is 0. The molecule has 0 N–H and O–H groups in total. The molecule has 1 aromatic carbocycles. The van der Waals surface area contributed by atoms with Gasteiger partial charge in [0.2, 0.25) is 0 Å². The number of hydrogen-bond donors (Lipinski definition) is 0. The normalized spacial score (nSPS) is 10.9. The number of hydrogen-bond acceptors (Lipinski definition) is 0. The molecule has 2 rings (SSSR count). The van der Waals surface area contributed by atoms with Gasteiger partial charge in [0.25, 0.3) is 5.82 Å². The van der Waals surface area contributed by atoms with Crippen molar-refractivity contribution in [3.8, 4) is 0 Å². The van der Waals surface area contributed by atoms with Crippen molar-refractivity contribution in [1.82, 2.24) is 4.57 Å². The number of halogens is 2. The maximum Gasteiger partial charge on any atom is 0.253 e. The van der Waals surface area contributed by atoms with Crippen LogP contribution in [0.4, 0.5) is 4.39 Å². The van der Waals surface area contributed by atoms with E-state index in [9.17, 15) is 4.39 Å². The largest absolute Gasteiger partial charge is 1.00 e. The Kier molecular flexibility index (Phi) is 16.0. The molecule has 0 fully saturated rings. The monoisotopic (exact) mass is 542 g/mol. The molecule has 2 nitrogen and oxygen atoms in total. The summed E-state index contributed by atoms with van der Waals surface area (Å²) in [6.07, 6.45) is 23.7. The van der Waals surface area contributed by atoms with Crippen molar-refractivity contribution in [2.45, 2.75) is 117 Å². The fraction of sp³-hybridized carbons (Fsp3) is 0.667. The predicted molar refractivity (Wildman–Crippen MR) is 125 cm³/mol. The number of imidazole rings is 1. The van der Waals surface area contributed by atoms with Crippen LogP contribution in [0.25, 0.3) is 0 Å². The molecule has 0 amide bonds. The van der Waals surface area contributed by atoms with Gasteiger partial charge in [-0.25, -0.2) is 13.5 Å². The number of aromatic nitrogens is 2. The number of aryl methyl sites for hydroxylation is 1. The van der Waals surface area contributed by atoms with Gasteiger partial charge in [-0.15, -0.1) is 0 Å². The summed E-state index contributed by atoms with van der Waals surface area (Å²) in [5.74, 6) is 1.08. The van der Waals surface area contributed by atoms with Gasteiger partial charge in [0.15, 0.2) is 0 Å². The highest BCUT2D eigenvalue weighted by atomic mass is 127. The zero-order valence-electron chi connectivity index (χ0n) is 19.9. The standard InChI is InChI=1S/C27H44FN2.HI/c1-3-4-5-6-7-8-9-10-11-12-13-14-15-18-21-29-22-23-30(25(29)2)24-26-19-16-17-20-27(26)28;/h16-17,19-20,22-23H,3-15,18,21,24H2,1-2H3;1H/q+1;/p-1. The average molecular weight is 543 g/mol. The Morgan fingerprint density at radius 3 is 1.84 bits per heavy atom. The second kappa shape index (κ2) is 17.6. The lowest BCUT2D eigenvalue weighted by atomic mass is 10.0. The van der Waals surface area contributed by atoms with Gasteiger partial charge >= 0.3 is 0 Å². The lowest BCUT2D eigenvalue weighted by Crippen LogP contribution is -3.00. The molecule has 0 saturated heterocycles. The third-order valence-corrected chi connectivity index (χ3v) is 6.31. The molecule has 0 bridgehead atoms. The van der Waals surface area contributed by atoms with Crippen LogP contribution in [-0.4, -0.2) is 4.57 Å². The van der Waals surface area contributed by atoms with Crippen molar-refractivity contribution in [3.05, 3.63) is 53.9 Å². The van der Waals surface area contributed by atoms with Gasteiger partial charge in [0.1, 0.15) is 24.8 Å². The van der Waals surface area contributed by atoms with Gasteiger partial charge in [-0.1, -0.05) is 102 Å². The Bertz CT molecular complexity index is 698. The van der Waals surface area contributed by atoms with Crippen molar-refractivity contribution in [1.29, 1.82) is 0 Å². The molecule has 1 heterocycles. The van der Waals surface area contributed by atoms with E-state index in [2.05, 4.69) is 35.4 Å². The van der Waals surface area contributed by atoms with Crippen molar-refractivity contribution < 1.29 is 32.9 Å². The molecular formula is C27H44FIN2. The Morgan fingerprint density at radius 1 is 0.774 bits per heavy atom. The molecular weight excluding hydrogens is 498 g/mol. The molecule has 0 aliphatic carbocycles. The number of benzene rings is 1. The van der Waals surface area contributed by atoms with E-state index in [0.29, 0.717) is 6.54 Å². The van der Waals surface area contributed by atoms with E-state index in [0.717, 1.165) is 12.1 Å². The van der Waals surface area contributed by atoms with Gasteiger partial charge < -0.3 is 24.0 Å². The van der Waals surface area contributed by atoms with Crippen LogP contribution in [0.3, 0.4) is 0 Å². The highest BCUT2D eigenvalue weighted by molar-refractivity contribution is 5.16. The zero-order valence-corrected chi connectivity index (χ0v) is 22.1. The first kappa shape index (κ1) is 28.1. The summed E-state index contributed by atoms with van der Waals surface area (Å²) >= 11 is 0. The maximum absolute atomic E-state index is 13.9. The summed E-state index contributed by atoms with van der Waals surface area (Å²) in [6, 6.07) is 7.06. The van der Waals surface area contributed by atoms with Crippen LogP contribution in [0.5, 0.6) is 0 Å². The highest BCUT2D eigenvalue weighted by Gasteiger charge is 2.13. The second-order valence-corrected chi connectivity index (χ2v) is 8.85. The van der Waals surface area contributed by atoms with E-state index in [4.69, 9.17) is 0 Å². The van der Waals surface area contributed by atoms with Crippen molar-refractivity contribution in [2.24, 2.45) is 0 Å². The van der Waals surface area contributed by atoms with Crippen LogP contribution in [0.15, 0.2) is 36.7 Å². The smallest absolute Gasteiger partial charge is 0.253 e. The summed E-state index contributed by atoms with van der Waals surface area (Å²) in [5.41, 5.74) is 0.750. The second-order valence-electron chi connectivity index (χ2n) is 8.85. The molecule has 0 radical (unpaired) electrons. The molecule has 0 aliphatic heterocycles. The first-order valence-corrected chi connectivity index (χ1v) is 12.5. The Morgan fingerprint density at radius 2 is 1.29 bits per heavy atom. The quantitative estimate of drug-likeness (QED) is 0.155. The summed E-state index contributed by atoms with van der Waals surface area (Å²) in [4.78, 5) is 0. The minimum atomic E-state index is -0.121. The van der Waals surface area contributed by atoms with Crippen LogP contribution < -0.4 is 28.5 Å². The third-order valence-electron chi connectivity index (χ3n) is 6.31. The van der Waals surface area contributed by atoms with Gasteiger partial charge in [0.05, 0.1) is 6.54 Å². The Hall–Kier alpha value is -0.910. The van der Waals surface area contributed by atoms with E-state index in [-0.39, 0.29) is 29.8 Å². The lowest BCUT2D eigenvalue weighted by Gasteiger charge is -2.04. The first-order chi connectivity index (χ1) is 14.7. The lowest BCUT2D eigenvalue weighted by molar-refractivity contribution is -0.694. The summed E-state index contributed by atoms with van der Waals surface area (Å²) in [5, 5.41) is 0. The van der Waals surface area contributed by atoms with Crippen molar-refractivity contribution in [3.63, 3.8) is 0 Å². The Balaban J connectivity index is 0.00000480. The number of unbranched alkanes of at least 4 members (excludes halogenated alkanes) is 13. The molecule has 2 aromatic rings. The molecule has 176 valence electrons. The molecule has 0 aliphatic rings. The summed E-state index contributed by atoms with van der Waals surface area (Å²) < 4.78 is 18.3. The van der Waals surface area contributed by atoms with Gasteiger partial charge in [0, 0.05) is 12.5 Å². The minimum Gasteiger partial charge on any atom is -1.00 e. The molecule has 0 saturated carbocycles. The topological polar surface area (TPSA) is 8.81 Å². The van der Waals surface area contributed by atoms with Crippen LogP contribution in [0.1, 0.15) is 108 Å². The average Bonchev–Trinajstić information content (AvgIpc) is 3.09. The number of nitrogens with zero attached hydrogens (tertiary/aromatic N) is 2. The predicted octanol–water partition coefficient (Wildman–Crippen LogP) is 4.76. The van der Waals surface area contributed by atoms with E-state index in [1.54, 1.807) is 6.07 Å². The van der Waals surface area contributed by atoms with Gasteiger partial charge in [-0.3, -0.25) is 0 Å². The van der Waals surface area contributed by atoms with Gasteiger partial charge in [-0.05, 0) is 18.9 Å². The maximum atomic E-state index is 13.9. The van der Waals surface area contributed by atoms with Crippen LogP contribution in [0, 0.1) is 12.7 Å². The first-order valence-electron chi connectivity index (χ1n) is 12.5. The van der Waals surface area contributed by atoms with Crippen LogP contribution >= 0.6 is 0 Å². The fourth-order valence-electron chi connectivity index (χ4n) is 4.23. The minimum absolute atomic E-state index is 0. The fourth-order valence-corrected chi connectivity index (χ4v) is 4.23. The van der Waals surface area contributed by atoms with Crippen LogP contribution in [0.2, 0.25) is 0 Å².